The highest BCUT2D eigenvalue weighted by Gasteiger charge is 2.29. The van der Waals surface area contributed by atoms with Gasteiger partial charge in [0.1, 0.15) is 17.4 Å². The maximum atomic E-state index is 5.16. The fourth-order valence-corrected chi connectivity index (χ4v) is 10.6. The summed E-state index contributed by atoms with van der Waals surface area (Å²) in [5, 5.41) is 10.1. The SMILES string of the molecule is C1=CCCC(N(c2ccccc2)c2ccc(-c3ccc4c(c3)c3ccc5c(c3n4-c3ccc(C4N=C(c6ccccc6)N=C(c6ccccc6)N4)cc3)SC(c3ccccc3)N5)cc2)=C1. The number of rotatable bonds is 9. The molecule has 1 aliphatic carbocycles. The van der Waals surface area contributed by atoms with Crippen LogP contribution >= 0.6 is 11.8 Å². The third-order valence-electron chi connectivity index (χ3n) is 12.5. The van der Waals surface area contributed by atoms with Crippen molar-refractivity contribution in [1.29, 1.82) is 0 Å². The number of fused-ring (bicyclic) bond motifs is 5. The molecule has 2 unspecified atom stereocenters. The predicted molar refractivity (Wildman–Crippen MR) is 272 cm³/mol. The first-order valence-corrected chi connectivity index (χ1v) is 23.1. The van der Waals surface area contributed by atoms with Crippen molar-refractivity contribution in [2.75, 3.05) is 10.2 Å². The largest absolute Gasteiger partial charge is 0.368 e. The molecule has 2 N–H and O–H groups in total. The number of thioether (sulfide) groups is 1. The van der Waals surface area contributed by atoms with E-state index in [1.807, 2.05) is 48.2 Å². The first-order chi connectivity index (χ1) is 32.2. The summed E-state index contributed by atoms with van der Waals surface area (Å²) in [5.74, 6) is 1.52. The van der Waals surface area contributed by atoms with Gasteiger partial charge >= 0.3 is 0 Å². The fourth-order valence-electron chi connectivity index (χ4n) is 9.35. The standard InChI is InChI=1S/C58H44N6S/c1-6-16-40(17-7-1)55-60-56(41-18-8-2-9-19-41)62-57(61-55)42-28-33-48(34-29-42)64-52-37-30-44(38-50(52)49-35-36-51-54(53(49)64)65-58(59-51)43-20-10-3-11-21-43)39-26-31-47(32-27-39)63(45-22-12-4-13-23-45)46-24-14-5-15-25-46/h1-14,16-24,26-38,57-59H,15,25H2,(H,60,61,62). The molecule has 1 aromatic heterocycles. The normalized spacial score (nSPS) is 16.6. The Morgan fingerprint density at radius 1 is 0.569 bits per heavy atom. The second kappa shape index (κ2) is 16.7. The van der Waals surface area contributed by atoms with Crippen molar-refractivity contribution in [3.63, 3.8) is 0 Å². The number of benzene rings is 8. The zero-order chi connectivity index (χ0) is 43.1. The topological polar surface area (TPSA) is 57.0 Å². The average Bonchev–Trinajstić information content (AvgIpc) is 3.98. The van der Waals surface area contributed by atoms with Crippen molar-refractivity contribution in [3.8, 4) is 16.8 Å². The third-order valence-corrected chi connectivity index (χ3v) is 13.8. The van der Waals surface area contributed by atoms with Crippen LogP contribution in [0.1, 0.15) is 46.6 Å². The molecule has 7 heteroatoms. The number of nitrogens with one attached hydrogen (secondary N) is 2. The minimum absolute atomic E-state index is 0.116. The second-order valence-corrected chi connectivity index (χ2v) is 17.7. The van der Waals surface area contributed by atoms with Gasteiger partial charge in [-0.3, -0.25) is 0 Å². The van der Waals surface area contributed by atoms with Gasteiger partial charge in [0, 0.05) is 44.7 Å². The zero-order valence-corrected chi connectivity index (χ0v) is 36.4. The molecule has 6 nitrogen and oxygen atoms in total. The summed E-state index contributed by atoms with van der Waals surface area (Å²) in [6.45, 7) is 0. The van der Waals surface area contributed by atoms with Crippen LogP contribution in [0.3, 0.4) is 0 Å². The lowest BCUT2D eigenvalue weighted by Gasteiger charge is -2.29. The first kappa shape index (κ1) is 38.8. The number of nitrogens with zero attached hydrogens (tertiary/aromatic N) is 4. The van der Waals surface area contributed by atoms with E-state index in [-0.39, 0.29) is 11.5 Å². The molecule has 2 aliphatic heterocycles. The van der Waals surface area contributed by atoms with Crippen molar-refractivity contribution in [1.82, 2.24) is 9.88 Å². The maximum Gasteiger partial charge on any atom is 0.159 e. The number of allylic oxidation sites excluding steroid dienone is 4. The molecule has 8 aromatic carbocycles. The molecule has 0 radical (unpaired) electrons. The lowest BCUT2D eigenvalue weighted by molar-refractivity contribution is 0.674. The van der Waals surface area contributed by atoms with Gasteiger partial charge in [-0.15, -0.1) is 0 Å². The summed E-state index contributed by atoms with van der Waals surface area (Å²) in [7, 11) is 0. The molecule has 3 heterocycles. The lowest BCUT2D eigenvalue weighted by Crippen LogP contribution is -2.33. The van der Waals surface area contributed by atoms with Crippen LogP contribution in [0.25, 0.3) is 38.6 Å². The quantitative estimate of drug-likeness (QED) is 0.152. The van der Waals surface area contributed by atoms with Crippen LogP contribution in [0, 0.1) is 0 Å². The molecular weight excluding hydrogens is 813 g/mol. The first-order valence-electron chi connectivity index (χ1n) is 22.3. The summed E-state index contributed by atoms with van der Waals surface area (Å²) < 4.78 is 2.45. The molecule has 0 fully saturated rings. The van der Waals surface area contributed by atoms with Crippen molar-refractivity contribution in [2.45, 2.75) is 29.3 Å². The van der Waals surface area contributed by atoms with E-state index in [1.165, 1.54) is 49.3 Å². The van der Waals surface area contributed by atoms with Crippen LogP contribution in [0.15, 0.2) is 239 Å². The van der Waals surface area contributed by atoms with E-state index in [4.69, 9.17) is 9.98 Å². The number of amidine groups is 2. The van der Waals surface area contributed by atoms with E-state index < -0.39 is 0 Å². The molecule has 0 bridgehead atoms. The zero-order valence-electron chi connectivity index (χ0n) is 35.6. The van der Waals surface area contributed by atoms with Gasteiger partial charge < -0.3 is 20.1 Å². The Morgan fingerprint density at radius 3 is 1.97 bits per heavy atom. The summed E-state index contributed by atoms with van der Waals surface area (Å²) in [4.78, 5) is 13.8. The molecule has 9 aromatic rings. The molecule has 312 valence electrons. The summed E-state index contributed by atoms with van der Waals surface area (Å²) >= 11 is 1.89. The van der Waals surface area contributed by atoms with Crippen molar-refractivity contribution in [2.24, 2.45) is 9.98 Å². The summed E-state index contributed by atoms with van der Waals surface area (Å²) in [5.41, 5.74) is 14.9. The molecule has 12 rings (SSSR count). The maximum absolute atomic E-state index is 5.16. The predicted octanol–water partition coefficient (Wildman–Crippen LogP) is 14.5. The van der Waals surface area contributed by atoms with Crippen LogP contribution in [-0.4, -0.2) is 16.2 Å². The van der Waals surface area contributed by atoms with Crippen molar-refractivity contribution < 1.29 is 0 Å². The van der Waals surface area contributed by atoms with Crippen LogP contribution < -0.4 is 15.5 Å². The van der Waals surface area contributed by atoms with E-state index in [1.54, 1.807) is 0 Å². The minimum atomic E-state index is -0.314. The highest BCUT2D eigenvalue weighted by molar-refractivity contribution is 8.00. The van der Waals surface area contributed by atoms with Crippen LogP contribution in [0.2, 0.25) is 0 Å². The Morgan fingerprint density at radius 2 is 1.25 bits per heavy atom. The summed E-state index contributed by atoms with van der Waals surface area (Å²) in [6, 6.07) is 71.4. The number of aromatic nitrogens is 1. The molecule has 0 saturated heterocycles. The number of hydrogen-bond donors (Lipinski definition) is 2. The molecule has 0 spiro atoms. The second-order valence-electron chi connectivity index (χ2n) is 16.6. The molecule has 3 aliphatic rings. The highest BCUT2D eigenvalue weighted by Crippen LogP contribution is 2.52. The molecule has 0 saturated carbocycles. The van der Waals surface area contributed by atoms with Gasteiger partial charge in [-0.2, -0.15) is 0 Å². The fraction of sp³-hybridized carbons (Fsp3) is 0.0690. The van der Waals surface area contributed by atoms with Gasteiger partial charge in [-0.25, -0.2) is 9.98 Å². The third kappa shape index (κ3) is 7.30. The van der Waals surface area contributed by atoms with Crippen molar-refractivity contribution in [3.05, 3.63) is 246 Å². The lowest BCUT2D eigenvalue weighted by atomic mass is 10.0. The number of aliphatic imine (C=N–C) groups is 2. The van der Waals surface area contributed by atoms with Crippen LogP contribution in [0.4, 0.5) is 17.1 Å². The van der Waals surface area contributed by atoms with E-state index >= 15 is 0 Å². The van der Waals surface area contributed by atoms with Gasteiger partial charge in [0.2, 0.25) is 0 Å². The van der Waals surface area contributed by atoms with Crippen LogP contribution in [-0.2, 0) is 0 Å². The minimum Gasteiger partial charge on any atom is -0.368 e. The van der Waals surface area contributed by atoms with E-state index in [0.29, 0.717) is 5.84 Å². The van der Waals surface area contributed by atoms with Crippen LogP contribution in [0.5, 0.6) is 0 Å². The number of para-hydroxylation sites is 1. The Bertz CT molecular complexity index is 3320. The van der Waals surface area contributed by atoms with Gasteiger partial charge in [-0.1, -0.05) is 170 Å². The van der Waals surface area contributed by atoms with Crippen molar-refractivity contribution >= 4 is 62.3 Å². The Kier molecular flexibility index (Phi) is 9.95. The van der Waals surface area contributed by atoms with E-state index in [0.717, 1.165) is 57.9 Å². The Labute approximate surface area is 383 Å². The molecule has 2 atom stereocenters. The van der Waals surface area contributed by atoms with E-state index in [9.17, 15) is 0 Å². The average molecular weight is 857 g/mol. The Balaban J connectivity index is 0.944. The van der Waals surface area contributed by atoms with Gasteiger partial charge in [0.25, 0.3) is 0 Å². The monoisotopic (exact) mass is 856 g/mol. The van der Waals surface area contributed by atoms with Gasteiger partial charge in [0.05, 0.1) is 21.6 Å². The molecule has 0 amide bonds. The van der Waals surface area contributed by atoms with Gasteiger partial charge in [-0.05, 0) is 95.8 Å². The molecular formula is C58H44N6S. The number of anilines is 3. The molecule has 65 heavy (non-hydrogen) atoms. The smallest absolute Gasteiger partial charge is 0.159 e. The summed E-state index contributed by atoms with van der Waals surface area (Å²) in [6.07, 6.45) is 8.40. The van der Waals surface area contributed by atoms with E-state index in [2.05, 4.69) is 202 Å². The Hall–Kier alpha value is -7.87. The highest BCUT2D eigenvalue weighted by atomic mass is 32.2. The van der Waals surface area contributed by atoms with Gasteiger partial charge in [0.15, 0.2) is 5.84 Å². The number of hydrogen-bond acceptors (Lipinski definition) is 6.